The Labute approximate surface area is 233 Å². The maximum atomic E-state index is 4.72. The molecule has 5 aromatic carbocycles. The van der Waals surface area contributed by atoms with Crippen LogP contribution in [0.2, 0.25) is 0 Å². The molecule has 178 valence electrons. The number of hydrogen-bond acceptors (Lipinski definition) is 2. The van der Waals surface area contributed by atoms with Gasteiger partial charge in [-0.1, -0.05) is 86.5 Å². The predicted octanol–water partition coefficient (Wildman–Crippen LogP) is 10.6. The third-order valence-corrected chi connectivity index (χ3v) is 7.50. The van der Waals surface area contributed by atoms with Crippen LogP contribution in [-0.4, -0.2) is 4.98 Å². The zero-order valence-corrected chi connectivity index (χ0v) is 23.0. The molecule has 4 heteroatoms. The maximum absolute atomic E-state index is 4.72. The summed E-state index contributed by atoms with van der Waals surface area (Å²) < 4.78 is 2.12. The van der Waals surface area contributed by atoms with Crippen molar-refractivity contribution in [3.05, 3.63) is 143 Å². The van der Waals surface area contributed by atoms with E-state index in [1.165, 1.54) is 5.39 Å². The van der Waals surface area contributed by atoms with Gasteiger partial charge in [-0.15, -0.1) is 0 Å². The molecule has 0 fully saturated rings. The van der Waals surface area contributed by atoms with Gasteiger partial charge in [-0.25, -0.2) is 0 Å². The summed E-state index contributed by atoms with van der Waals surface area (Å²) in [6, 6.07) is 44.6. The lowest BCUT2D eigenvalue weighted by Crippen LogP contribution is -2.09. The van der Waals surface area contributed by atoms with Crippen LogP contribution in [0.5, 0.6) is 0 Å². The van der Waals surface area contributed by atoms with Gasteiger partial charge in [0.1, 0.15) is 0 Å². The molecule has 6 rings (SSSR count). The molecule has 0 radical (unpaired) electrons. The van der Waals surface area contributed by atoms with Crippen molar-refractivity contribution in [2.75, 3.05) is 4.90 Å². The fraction of sp³-hybridized carbons (Fsp3) is 0. The van der Waals surface area contributed by atoms with Gasteiger partial charge in [-0.2, -0.15) is 0 Å². The molecular weight excluding hydrogens is 584 g/mol. The number of halogens is 2. The molecule has 0 saturated carbocycles. The van der Waals surface area contributed by atoms with E-state index in [0.29, 0.717) is 0 Å². The van der Waals surface area contributed by atoms with Crippen LogP contribution in [-0.2, 0) is 0 Å². The van der Waals surface area contributed by atoms with Crippen molar-refractivity contribution in [2.45, 2.75) is 0 Å². The molecular formula is C33H22Br2N2. The van der Waals surface area contributed by atoms with E-state index in [-0.39, 0.29) is 0 Å². The molecule has 0 atom stereocenters. The van der Waals surface area contributed by atoms with Crippen molar-refractivity contribution in [1.29, 1.82) is 0 Å². The van der Waals surface area contributed by atoms with Crippen LogP contribution in [0.15, 0.2) is 143 Å². The van der Waals surface area contributed by atoms with E-state index in [9.17, 15) is 0 Å². The van der Waals surface area contributed by atoms with Crippen LogP contribution in [0.4, 0.5) is 17.1 Å². The Morgan fingerprint density at radius 3 is 1.70 bits per heavy atom. The maximum Gasteiger partial charge on any atom is 0.0780 e. The average Bonchev–Trinajstić information content (AvgIpc) is 2.95. The van der Waals surface area contributed by atoms with Crippen molar-refractivity contribution >= 4 is 59.7 Å². The molecule has 0 amide bonds. The Balaban J connectivity index is 1.37. The van der Waals surface area contributed by atoms with Gasteiger partial charge in [0, 0.05) is 43.2 Å². The number of hydrogen-bond donors (Lipinski definition) is 0. The Hall–Kier alpha value is -3.73. The number of fused-ring (bicyclic) bond motifs is 1. The molecule has 0 aliphatic carbocycles. The zero-order valence-electron chi connectivity index (χ0n) is 19.9. The van der Waals surface area contributed by atoms with E-state index in [1.54, 1.807) is 0 Å². The quantitative estimate of drug-likeness (QED) is 0.194. The lowest BCUT2D eigenvalue weighted by atomic mass is 9.98. The lowest BCUT2D eigenvalue weighted by molar-refractivity contribution is 1.28. The number of benzene rings is 5. The van der Waals surface area contributed by atoms with Crippen LogP contribution in [0, 0.1) is 0 Å². The molecule has 0 aliphatic heterocycles. The Bertz CT molecular complexity index is 1630. The van der Waals surface area contributed by atoms with Crippen LogP contribution in [0.1, 0.15) is 0 Å². The second-order valence-electron chi connectivity index (χ2n) is 8.80. The van der Waals surface area contributed by atoms with E-state index in [1.807, 2.05) is 6.20 Å². The van der Waals surface area contributed by atoms with E-state index in [4.69, 9.17) is 4.98 Å². The van der Waals surface area contributed by atoms with E-state index in [0.717, 1.165) is 53.8 Å². The third-order valence-electron chi connectivity index (χ3n) is 6.44. The van der Waals surface area contributed by atoms with Crippen molar-refractivity contribution in [2.24, 2.45) is 0 Å². The van der Waals surface area contributed by atoms with Crippen molar-refractivity contribution in [1.82, 2.24) is 4.98 Å². The first-order chi connectivity index (χ1) is 18.2. The molecule has 0 saturated heterocycles. The van der Waals surface area contributed by atoms with E-state index < -0.39 is 0 Å². The summed E-state index contributed by atoms with van der Waals surface area (Å²) in [6.07, 6.45) is 1.89. The van der Waals surface area contributed by atoms with Crippen molar-refractivity contribution in [3.8, 4) is 22.4 Å². The second-order valence-corrected chi connectivity index (χ2v) is 10.6. The summed E-state index contributed by atoms with van der Waals surface area (Å²) in [7, 11) is 0. The highest BCUT2D eigenvalue weighted by Crippen LogP contribution is 2.37. The fourth-order valence-corrected chi connectivity index (χ4v) is 5.15. The van der Waals surface area contributed by atoms with Crippen LogP contribution >= 0.6 is 31.9 Å². The number of nitrogens with zero attached hydrogens (tertiary/aromatic N) is 2. The predicted molar refractivity (Wildman–Crippen MR) is 163 cm³/mol. The first-order valence-corrected chi connectivity index (χ1v) is 13.6. The minimum atomic E-state index is 1.01. The third kappa shape index (κ3) is 4.95. The first-order valence-electron chi connectivity index (χ1n) is 12.0. The van der Waals surface area contributed by atoms with Crippen LogP contribution in [0.3, 0.4) is 0 Å². The van der Waals surface area contributed by atoms with Gasteiger partial charge in [0.25, 0.3) is 0 Å². The molecule has 1 aromatic heterocycles. The number of rotatable bonds is 5. The number of pyridine rings is 1. The molecule has 0 N–H and O–H groups in total. The van der Waals surface area contributed by atoms with Crippen molar-refractivity contribution in [3.63, 3.8) is 0 Å². The monoisotopic (exact) mass is 604 g/mol. The number of aromatic nitrogens is 1. The molecule has 0 unspecified atom stereocenters. The molecule has 1 heterocycles. The summed E-state index contributed by atoms with van der Waals surface area (Å²) in [4.78, 5) is 6.98. The topological polar surface area (TPSA) is 16.1 Å². The first kappa shape index (κ1) is 23.7. The second kappa shape index (κ2) is 10.3. The van der Waals surface area contributed by atoms with Gasteiger partial charge in [0.05, 0.1) is 5.69 Å². The molecule has 37 heavy (non-hydrogen) atoms. The summed E-state index contributed by atoms with van der Waals surface area (Å²) in [6.45, 7) is 0. The van der Waals surface area contributed by atoms with Crippen LogP contribution < -0.4 is 4.90 Å². The Morgan fingerprint density at radius 1 is 0.486 bits per heavy atom. The lowest BCUT2D eigenvalue weighted by Gasteiger charge is -2.26. The summed E-state index contributed by atoms with van der Waals surface area (Å²) in [5.74, 6) is 0. The summed E-state index contributed by atoms with van der Waals surface area (Å²) in [5, 5.41) is 2.36. The summed E-state index contributed by atoms with van der Waals surface area (Å²) >= 11 is 7.12. The Morgan fingerprint density at radius 2 is 1.05 bits per heavy atom. The highest BCUT2D eigenvalue weighted by atomic mass is 79.9. The van der Waals surface area contributed by atoms with Crippen LogP contribution in [0.25, 0.3) is 33.2 Å². The minimum Gasteiger partial charge on any atom is -0.311 e. The smallest absolute Gasteiger partial charge is 0.0780 e. The SMILES string of the molecule is Brc1ccc(N(c2ccc(Br)cc2)c2ccc(-c3cccc(-c4nccc5ccccc45)c3)cc2)cc1. The molecule has 6 aromatic rings. The molecule has 0 aliphatic rings. The standard InChI is InChI=1S/C33H22Br2N2/c34-27-10-16-30(17-11-27)37(31-18-12-28(35)13-19-31)29-14-8-23(9-15-29)25-5-3-6-26(22-25)33-32-7-2-1-4-24(32)20-21-36-33/h1-22H. The average molecular weight is 606 g/mol. The van der Waals surface area contributed by atoms with Crippen molar-refractivity contribution < 1.29 is 0 Å². The van der Waals surface area contributed by atoms with Gasteiger partial charge in [-0.05, 0) is 89.3 Å². The molecule has 0 spiro atoms. The van der Waals surface area contributed by atoms with Gasteiger partial charge in [0.2, 0.25) is 0 Å². The Kier molecular flexibility index (Phi) is 6.60. The van der Waals surface area contributed by atoms with E-state index in [2.05, 4.69) is 164 Å². The zero-order chi connectivity index (χ0) is 25.2. The normalized spacial score (nSPS) is 11.0. The van der Waals surface area contributed by atoms with Gasteiger partial charge in [-0.3, -0.25) is 4.98 Å². The van der Waals surface area contributed by atoms with E-state index >= 15 is 0 Å². The number of anilines is 3. The van der Waals surface area contributed by atoms with Gasteiger partial charge >= 0.3 is 0 Å². The minimum absolute atomic E-state index is 1.01. The highest BCUT2D eigenvalue weighted by molar-refractivity contribution is 9.10. The summed E-state index contributed by atoms with van der Waals surface area (Å²) in [5.41, 5.74) is 7.75. The van der Waals surface area contributed by atoms with Gasteiger partial charge in [0.15, 0.2) is 0 Å². The van der Waals surface area contributed by atoms with Gasteiger partial charge < -0.3 is 4.90 Å². The fourth-order valence-electron chi connectivity index (χ4n) is 4.63. The molecule has 0 bridgehead atoms. The molecule has 2 nitrogen and oxygen atoms in total. The highest BCUT2D eigenvalue weighted by Gasteiger charge is 2.13. The largest absolute Gasteiger partial charge is 0.311 e.